The Balaban J connectivity index is 3.00. The van der Waals surface area contributed by atoms with Crippen LogP contribution < -0.4 is 10.5 Å². The molecule has 4 nitrogen and oxygen atoms in total. The Morgan fingerprint density at radius 1 is 1.19 bits per heavy atom. The second-order valence-corrected chi connectivity index (χ2v) is 8.29. The van der Waals surface area contributed by atoms with E-state index in [9.17, 15) is 8.42 Å². The van der Waals surface area contributed by atoms with Gasteiger partial charge in [-0.25, -0.2) is 13.1 Å². The highest BCUT2D eigenvalue weighted by Gasteiger charge is 2.23. The topological polar surface area (TPSA) is 72.2 Å². The Bertz CT molecular complexity index is 590. The highest BCUT2D eigenvalue weighted by molar-refractivity contribution is 7.89. The largest absolute Gasteiger partial charge is 0.397 e. The van der Waals surface area contributed by atoms with Gasteiger partial charge < -0.3 is 5.73 Å². The molecule has 0 saturated carbocycles. The fraction of sp³-hybridized carbons (Fsp3) is 0.600. The molecule has 0 bridgehead atoms. The number of halogens is 1. The summed E-state index contributed by atoms with van der Waals surface area (Å²) in [6.07, 6.45) is 0. The minimum atomic E-state index is -3.58. The average Bonchev–Trinajstić information content (AvgIpc) is 2.32. The molecule has 1 aromatic rings. The zero-order valence-corrected chi connectivity index (χ0v) is 14.8. The lowest BCUT2D eigenvalue weighted by Crippen LogP contribution is -2.34. The van der Waals surface area contributed by atoms with Crippen molar-refractivity contribution >= 4 is 27.3 Å². The van der Waals surface area contributed by atoms with Crippen molar-refractivity contribution in [2.75, 3.05) is 12.3 Å². The van der Waals surface area contributed by atoms with Gasteiger partial charge in [0.1, 0.15) is 0 Å². The molecule has 1 aromatic carbocycles. The molecular weight excluding hydrogens is 308 g/mol. The molecule has 0 aliphatic carbocycles. The standard InChI is InChI=1S/C15H25ClN2O2S/c1-9(2)12(10(3)4)8-18-21(19,20)15-7-14(17)13(16)6-11(15)5/h6-7,9-10,12,18H,8,17H2,1-5H3. The first kappa shape index (κ1) is 18.3. The van der Waals surface area contributed by atoms with E-state index >= 15 is 0 Å². The Labute approximate surface area is 133 Å². The first-order valence-corrected chi connectivity index (χ1v) is 8.97. The summed E-state index contributed by atoms with van der Waals surface area (Å²) in [5.41, 5.74) is 6.57. The van der Waals surface area contributed by atoms with Gasteiger partial charge >= 0.3 is 0 Å². The number of hydrogen-bond donors (Lipinski definition) is 2. The zero-order valence-electron chi connectivity index (χ0n) is 13.3. The Kier molecular flexibility index (Phi) is 6.08. The van der Waals surface area contributed by atoms with E-state index in [1.54, 1.807) is 13.0 Å². The molecule has 21 heavy (non-hydrogen) atoms. The maximum Gasteiger partial charge on any atom is 0.240 e. The number of rotatable bonds is 6. The van der Waals surface area contributed by atoms with E-state index in [1.165, 1.54) is 6.07 Å². The van der Waals surface area contributed by atoms with Crippen LogP contribution in [0.4, 0.5) is 5.69 Å². The average molecular weight is 333 g/mol. The van der Waals surface area contributed by atoms with Gasteiger partial charge in [0.05, 0.1) is 15.6 Å². The first-order chi connectivity index (χ1) is 9.56. The van der Waals surface area contributed by atoms with Gasteiger partial charge in [-0.05, 0) is 42.4 Å². The van der Waals surface area contributed by atoms with Gasteiger partial charge in [0.25, 0.3) is 0 Å². The molecule has 0 saturated heterocycles. The lowest BCUT2D eigenvalue weighted by atomic mass is 9.86. The van der Waals surface area contributed by atoms with E-state index in [0.29, 0.717) is 29.0 Å². The smallest absolute Gasteiger partial charge is 0.240 e. The molecule has 1 rings (SSSR count). The Morgan fingerprint density at radius 2 is 1.71 bits per heavy atom. The van der Waals surface area contributed by atoms with Crippen molar-refractivity contribution in [3.05, 3.63) is 22.7 Å². The van der Waals surface area contributed by atoms with Crippen LogP contribution in [-0.2, 0) is 10.0 Å². The normalized spacial score (nSPS) is 12.6. The fourth-order valence-electron chi connectivity index (χ4n) is 2.48. The third-order valence-electron chi connectivity index (χ3n) is 3.81. The number of hydrogen-bond acceptors (Lipinski definition) is 3. The lowest BCUT2D eigenvalue weighted by molar-refractivity contribution is 0.289. The highest BCUT2D eigenvalue weighted by atomic mass is 35.5. The summed E-state index contributed by atoms with van der Waals surface area (Å²) >= 11 is 5.91. The molecule has 3 N–H and O–H groups in total. The zero-order chi connectivity index (χ0) is 16.4. The predicted octanol–water partition coefficient (Wildman–Crippen LogP) is 3.44. The van der Waals surface area contributed by atoms with Gasteiger partial charge in [0, 0.05) is 6.54 Å². The van der Waals surface area contributed by atoms with Crippen LogP contribution in [0.25, 0.3) is 0 Å². The van der Waals surface area contributed by atoms with Crippen LogP contribution in [0.3, 0.4) is 0 Å². The van der Waals surface area contributed by atoms with E-state index in [1.807, 2.05) is 0 Å². The third-order valence-corrected chi connectivity index (χ3v) is 5.70. The van der Waals surface area contributed by atoms with Gasteiger partial charge in [-0.3, -0.25) is 0 Å². The summed E-state index contributed by atoms with van der Waals surface area (Å²) in [7, 11) is -3.58. The quantitative estimate of drug-likeness (QED) is 0.784. The molecule has 0 unspecified atom stereocenters. The predicted molar refractivity (Wildman–Crippen MR) is 89.0 cm³/mol. The molecule has 0 aliphatic heterocycles. The first-order valence-electron chi connectivity index (χ1n) is 7.11. The maximum atomic E-state index is 12.5. The number of nitrogens with two attached hydrogens (primary N) is 1. The van der Waals surface area contributed by atoms with Crippen molar-refractivity contribution in [1.29, 1.82) is 0 Å². The van der Waals surface area contributed by atoms with Crippen LogP contribution in [0, 0.1) is 24.7 Å². The van der Waals surface area contributed by atoms with Crippen molar-refractivity contribution in [1.82, 2.24) is 4.72 Å². The van der Waals surface area contributed by atoms with Gasteiger partial charge in [-0.15, -0.1) is 0 Å². The number of sulfonamides is 1. The number of benzene rings is 1. The monoisotopic (exact) mass is 332 g/mol. The molecule has 0 heterocycles. The van der Waals surface area contributed by atoms with Gasteiger partial charge in [-0.1, -0.05) is 39.3 Å². The number of anilines is 1. The maximum absolute atomic E-state index is 12.5. The molecule has 6 heteroatoms. The van der Waals surface area contributed by atoms with E-state index in [2.05, 4.69) is 32.4 Å². The lowest BCUT2D eigenvalue weighted by Gasteiger charge is -2.25. The molecule has 0 amide bonds. The third kappa shape index (κ3) is 4.59. The van der Waals surface area contributed by atoms with E-state index < -0.39 is 10.0 Å². The molecule has 0 fully saturated rings. The van der Waals surface area contributed by atoms with Crippen LogP contribution in [0.2, 0.25) is 5.02 Å². The van der Waals surface area contributed by atoms with Crippen molar-refractivity contribution in [3.63, 3.8) is 0 Å². The summed E-state index contributed by atoms with van der Waals surface area (Å²) in [5, 5.41) is 0.369. The molecule has 0 atom stereocenters. The molecule has 0 aromatic heterocycles. The van der Waals surface area contributed by atoms with Crippen LogP contribution in [0.15, 0.2) is 17.0 Å². The number of nitrogens with one attached hydrogen (secondary N) is 1. The van der Waals surface area contributed by atoms with E-state index in [4.69, 9.17) is 17.3 Å². The fourth-order valence-corrected chi connectivity index (χ4v) is 4.03. The summed E-state index contributed by atoms with van der Waals surface area (Å²) in [6.45, 7) is 10.5. The minimum Gasteiger partial charge on any atom is -0.397 e. The SMILES string of the molecule is Cc1cc(Cl)c(N)cc1S(=O)(=O)NCC(C(C)C)C(C)C. The highest BCUT2D eigenvalue weighted by Crippen LogP contribution is 2.27. The second-order valence-electron chi connectivity index (χ2n) is 6.14. The summed E-state index contributed by atoms with van der Waals surface area (Å²) in [4.78, 5) is 0.190. The molecule has 0 spiro atoms. The molecular formula is C15H25ClN2O2S. The number of nitrogen functional groups attached to an aromatic ring is 1. The number of aryl methyl sites for hydroxylation is 1. The van der Waals surface area contributed by atoms with Crippen LogP contribution in [0.1, 0.15) is 33.3 Å². The van der Waals surface area contributed by atoms with Crippen LogP contribution in [-0.4, -0.2) is 15.0 Å². The second kappa shape index (κ2) is 6.99. The van der Waals surface area contributed by atoms with Crippen molar-refractivity contribution in [2.45, 2.75) is 39.5 Å². The van der Waals surface area contributed by atoms with Gasteiger partial charge in [0.2, 0.25) is 10.0 Å². The summed E-state index contributed by atoms with van der Waals surface area (Å²) in [6, 6.07) is 2.99. The summed E-state index contributed by atoms with van der Waals surface area (Å²) in [5.74, 6) is 1.10. The Hall–Kier alpha value is -0.780. The molecule has 120 valence electrons. The van der Waals surface area contributed by atoms with Gasteiger partial charge in [-0.2, -0.15) is 0 Å². The summed E-state index contributed by atoms with van der Waals surface area (Å²) < 4.78 is 27.6. The van der Waals surface area contributed by atoms with Crippen molar-refractivity contribution < 1.29 is 8.42 Å². The minimum absolute atomic E-state index is 0.190. The molecule has 0 aliphatic rings. The van der Waals surface area contributed by atoms with E-state index in [0.717, 1.165) is 0 Å². The van der Waals surface area contributed by atoms with E-state index in [-0.39, 0.29) is 16.5 Å². The van der Waals surface area contributed by atoms with Crippen LogP contribution in [0.5, 0.6) is 0 Å². The Morgan fingerprint density at radius 3 is 2.19 bits per heavy atom. The van der Waals surface area contributed by atoms with Crippen molar-refractivity contribution in [3.8, 4) is 0 Å². The molecule has 0 radical (unpaired) electrons. The van der Waals surface area contributed by atoms with Crippen LogP contribution >= 0.6 is 11.6 Å². The van der Waals surface area contributed by atoms with Gasteiger partial charge in [0.15, 0.2) is 0 Å². The van der Waals surface area contributed by atoms with Crippen molar-refractivity contribution in [2.24, 2.45) is 17.8 Å².